The van der Waals surface area contributed by atoms with E-state index in [4.69, 9.17) is 10.3 Å². The number of aromatic nitrogens is 1. The first kappa shape index (κ1) is 15.6. The van der Waals surface area contributed by atoms with E-state index in [1.807, 2.05) is 0 Å². The molecule has 0 unspecified atom stereocenters. The van der Waals surface area contributed by atoms with E-state index in [0.717, 1.165) is 37.5 Å². The predicted molar refractivity (Wildman–Crippen MR) is 85.1 cm³/mol. The van der Waals surface area contributed by atoms with Gasteiger partial charge in [-0.3, -0.25) is 0 Å². The van der Waals surface area contributed by atoms with Crippen molar-refractivity contribution in [2.75, 3.05) is 6.54 Å². The van der Waals surface area contributed by atoms with Crippen LogP contribution in [0.15, 0.2) is 9.42 Å². The highest BCUT2D eigenvalue weighted by molar-refractivity contribution is 7.89. The highest BCUT2D eigenvalue weighted by Gasteiger charge is 2.55. The first-order valence-corrected chi connectivity index (χ1v) is 9.99. The lowest BCUT2D eigenvalue weighted by atomic mass is 9.49. The molecule has 0 aliphatic heterocycles. The molecule has 5 rings (SSSR count). The number of nitrogens with zero attached hydrogens (tertiary/aromatic N) is 1. The van der Waals surface area contributed by atoms with Crippen molar-refractivity contribution in [1.82, 2.24) is 9.88 Å². The second kappa shape index (κ2) is 5.04. The Morgan fingerprint density at radius 3 is 2.22 bits per heavy atom. The van der Waals surface area contributed by atoms with E-state index in [9.17, 15) is 8.42 Å². The van der Waals surface area contributed by atoms with Gasteiger partial charge in [0.1, 0.15) is 10.6 Å². The van der Waals surface area contributed by atoms with Crippen molar-refractivity contribution in [3.8, 4) is 0 Å². The molecule has 6 nitrogen and oxygen atoms in total. The third-order valence-corrected chi connectivity index (χ3v) is 8.11. The Labute approximate surface area is 137 Å². The molecule has 23 heavy (non-hydrogen) atoms. The number of rotatable bonds is 4. The molecule has 0 spiro atoms. The van der Waals surface area contributed by atoms with E-state index in [1.54, 1.807) is 13.8 Å². The van der Waals surface area contributed by atoms with Crippen LogP contribution in [0.4, 0.5) is 0 Å². The molecule has 4 aliphatic rings. The summed E-state index contributed by atoms with van der Waals surface area (Å²) < 4.78 is 33.0. The number of nitrogens with two attached hydrogens (primary N) is 1. The van der Waals surface area contributed by atoms with Crippen LogP contribution in [0, 0.1) is 37.5 Å². The van der Waals surface area contributed by atoms with Crippen molar-refractivity contribution >= 4 is 10.0 Å². The van der Waals surface area contributed by atoms with E-state index in [1.165, 1.54) is 6.42 Å². The maximum absolute atomic E-state index is 12.6. The van der Waals surface area contributed by atoms with Gasteiger partial charge in [-0.05, 0) is 69.6 Å². The molecule has 7 heteroatoms. The molecule has 4 fully saturated rings. The van der Waals surface area contributed by atoms with Gasteiger partial charge in [0.05, 0.1) is 0 Å². The van der Waals surface area contributed by atoms with Crippen LogP contribution < -0.4 is 10.5 Å². The van der Waals surface area contributed by atoms with E-state index < -0.39 is 15.6 Å². The maximum Gasteiger partial charge on any atom is 0.246 e. The third-order valence-electron chi connectivity index (χ3n) is 6.46. The van der Waals surface area contributed by atoms with Crippen LogP contribution in [0.5, 0.6) is 0 Å². The Balaban J connectivity index is 1.55. The summed E-state index contributed by atoms with van der Waals surface area (Å²) >= 11 is 0. The number of hydrogen-bond acceptors (Lipinski definition) is 5. The van der Waals surface area contributed by atoms with Gasteiger partial charge in [-0.2, -0.15) is 0 Å². The molecule has 4 saturated carbocycles. The molecule has 4 aliphatic carbocycles. The highest BCUT2D eigenvalue weighted by Crippen LogP contribution is 2.57. The van der Waals surface area contributed by atoms with Crippen LogP contribution in [-0.4, -0.2) is 25.7 Å². The molecule has 128 valence electrons. The summed E-state index contributed by atoms with van der Waals surface area (Å²) in [4.78, 5) is 0.157. The van der Waals surface area contributed by atoms with Crippen LogP contribution in [0.2, 0.25) is 0 Å². The number of nitrogens with one attached hydrogen (secondary N) is 1. The summed E-state index contributed by atoms with van der Waals surface area (Å²) in [6.45, 7) is 3.58. The Morgan fingerprint density at radius 1 is 1.17 bits per heavy atom. The molecule has 4 bridgehead atoms. The van der Waals surface area contributed by atoms with Crippen molar-refractivity contribution in [1.29, 1.82) is 0 Å². The van der Waals surface area contributed by atoms with Gasteiger partial charge in [0.25, 0.3) is 0 Å². The summed E-state index contributed by atoms with van der Waals surface area (Å²) in [5.74, 6) is 2.85. The minimum Gasteiger partial charge on any atom is -0.360 e. The molecule has 1 aromatic rings. The Morgan fingerprint density at radius 2 is 1.74 bits per heavy atom. The van der Waals surface area contributed by atoms with Crippen molar-refractivity contribution in [3.63, 3.8) is 0 Å². The molecule has 0 atom stereocenters. The van der Waals surface area contributed by atoms with Crippen LogP contribution in [-0.2, 0) is 10.0 Å². The monoisotopic (exact) mass is 339 g/mol. The zero-order chi connectivity index (χ0) is 16.4. The molecule has 0 radical (unpaired) electrons. The predicted octanol–water partition coefficient (Wildman–Crippen LogP) is 1.72. The molecule has 0 aromatic carbocycles. The molecule has 0 saturated heterocycles. The van der Waals surface area contributed by atoms with Crippen LogP contribution in [0.3, 0.4) is 0 Å². The van der Waals surface area contributed by atoms with Gasteiger partial charge in [-0.1, -0.05) is 5.16 Å². The summed E-state index contributed by atoms with van der Waals surface area (Å²) in [6, 6.07) is 0. The maximum atomic E-state index is 12.6. The topological polar surface area (TPSA) is 98.2 Å². The van der Waals surface area contributed by atoms with E-state index >= 15 is 0 Å². The average Bonchev–Trinajstić information content (AvgIpc) is 2.82. The van der Waals surface area contributed by atoms with Gasteiger partial charge in [0.15, 0.2) is 5.76 Å². The molecule has 3 N–H and O–H groups in total. The van der Waals surface area contributed by atoms with Crippen LogP contribution >= 0.6 is 0 Å². The quantitative estimate of drug-likeness (QED) is 0.870. The zero-order valence-electron chi connectivity index (χ0n) is 13.7. The van der Waals surface area contributed by atoms with Crippen molar-refractivity contribution < 1.29 is 12.9 Å². The smallest absolute Gasteiger partial charge is 0.246 e. The average molecular weight is 339 g/mol. The fourth-order valence-electron chi connectivity index (χ4n) is 5.50. The van der Waals surface area contributed by atoms with Crippen molar-refractivity contribution in [2.24, 2.45) is 29.4 Å². The van der Waals surface area contributed by atoms with Gasteiger partial charge >= 0.3 is 0 Å². The largest absolute Gasteiger partial charge is 0.360 e. The van der Waals surface area contributed by atoms with E-state index in [2.05, 4.69) is 9.88 Å². The SMILES string of the molecule is Cc1noc(C)c1S(=O)(=O)NCC1(N)C2CC3CC(C2)CC1C3. The normalized spacial score (nSPS) is 39.1. The summed E-state index contributed by atoms with van der Waals surface area (Å²) in [7, 11) is -3.64. The first-order chi connectivity index (χ1) is 10.8. The molecule has 0 amide bonds. The van der Waals surface area contributed by atoms with Gasteiger partial charge in [0.2, 0.25) is 10.0 Å². The standard InChI is InChI=1S/C16H25N3O3S/c1-9-15(10(2)22-19-9)23(20,21)18-8-16(17)13-4-11-3-12(6-13)7-14(16)5-11/h11-14,18H,3-8,17H2,1-2H3. The lowest BCUT2D eigenvalue weighted by Crippen LogP contribution is -2.67. The van der Waals surface area contributed by atoms with Crippen LogP contribution in [0.25, 0.3) is 0 Å². The van der Waals surface area contributed by atoms with E-state index in [0.29, 0.717) is 29.8 Å². The van der Waals surface area contributed by atoms with E-state index in [-0.39, 0.29) is 4.90 Å². The van der Waals surface area contributed by atoms with Crippen molar-refractivity contribution in [3.05, 3.63) is 11.5 Å². The fraction of sp³-hybridized carbons (Fsp3) is 0.812. The van der Waals surface area contributed by atoms with Gasteiger partial charge in [-0.15, -0.1) is 0 Å². The van der Waals surface area contributed by atoms with Crippen LogP contribution in [0.1, 0.15) is 43.6 Å². The Bertz CT molecular complexity index is 677. The number of hydrogen-bond donors (Lipinski definition) is 2. The molecule has 1 heterocycles. The highest BCUT2D eigenvalue weighted by atomic mass is 32.2. The zero-order valence-corrected chi connectivity index (χ0v) is 14.5. The van der Waals surface area contributed by atoms with Gasteiger partial charge in [0, 0.05) is 12.1 Å². The Kier molecular flexibility index (Phi) is 3.42. The van der Waals surface area contributed by atoms with Gasteiger partial charge < -0.3 is 10.3 Å². The first-order valence-electron chi connectivity index (χ1n) is 8.51. The lowest BCUT2D eigenvalue weighted by molar-refractivity contribution is -0.0521. The summed E-state index contributed by atoms with van der Waals surface area (Å²) in [5.41, 5.74) is 6.75. The molecule has 1 aromatic heterocycles. The Hall–Kier alpha value is -0.920. The molecular formula is C16H25N3O3S. The second-order valence-electron chi connectivity index (χ2n) is 7.89. The number of aryl methyl sites for hydroxylation is 2. The second-order valence-corrected chi connectivity index (χ2v) is 9.60. The minimum atomic E-state index is -3.64. The van der Waals surface area contributed by atoms with Crippen molar-refractivity contribution in [2.45, 2.75) is 56.4 Å². The van der Waals surface area contributed by atoms with Gasteiger partial charge in [-0.25, -0.2) is 13.1 Å². The summed E-state index contributed by atoms with van der Waals surface area (Å²) in [5, 5.41) is 3.74. The fourth-order valence-corrected chi connectivity index (χ4v) is 6.93. The minimum absolute atomic E-state index is 0.157. The number of sulfonamides is 1. The molecular weight excluding hydrogens is 314 g/mol. The summed E-state index contributed by atoms with van der Waals surface area (Å²) in [6.07, 6.45) is 6.01. The lowest BCUT2D eigenvalue weighted by Gasteiger charge is -2.59. The third kappa shape index (κ3) is 2.36.